The van der Waals surface area contributed by atoms with E-state index in [1.165, 1.54) is 5.56 Å². The largest absolute Gasteiger partial charge is 0.381 e. The molecule has 0 unspecified atom stereocenters. The van der Waals surface area contributed by atoms with Gasteiger partial charge in [0.25, 0.3) is 0 Å². The third-order valence-electron chi connectivity index (χ3n) is 3.23. The molecule has 3 rings (SSSR count). The molecule has 1 atom stereocenters. The van der Waals surface area contributed by atoms with Gasteiger partial charge >= 0.3 is 0 Å². The summed E-state index contributed by atoms with van der Waals surface area (Å²) >= 11 is 0. The van der Waals surface area contributed by atoms with Gasteiger partial charge in [-0.1, -0.05) is 23.4 Å². The highest BCUT2D eigenvalue weighted by Crippen LogP contribution is 2.32. The monoisotopic (exact) mass is 259 g/mol. The average molecular weight is 259 g/mol. The van der Waals surface area contributed by atoms with Crippen molar-refractivity contribution in [2.24, 2.45) is 0 Å². The first-order valence-corrected chi connectivity index (χ1v) is 6.61. The summed E-state index contributed by atoms with van der Waals surface area (Å²) in [5.74, 6) is 1.36. The quantitative estimate of drug-likeness (QED) is 0.835. The Labute approximate surface area is 112 Å². The van der Waals surface area contributed by atoms with Crippen molar-refractivity contribution >= 4 is 5.69 Å². The molecule has 2 heterocycles. The molecule has 1 aromatic heterocycles. The Morgan fingerprint density at radius 1 is 1.42 bits per heavy atom. The fourth-order valence-corrected chi connectivity index (χ4v) is 2.27. The molecule has 2 aromatic rings. The smallest absolute Gasteiger partial charge is 0.249 e. The van der Waals surface area contributed by atoms with Crippen LogP contribution in [0.1, 0.15) is 30.2 Å². The van der Waals surface area contributed by atoms with E-state index in [9.17, 15) is 0 Å². The Morgan fingerprint density at radius 3 is 3.16 bits per heavy atom. The second kappa shape index (κ2) is 5.40. The van der Waals surface area contributed by atoms with Crippen LogP contribution in [0.4, 0.5) is 5.69 Å². The number of rotatable bonds is 5. The van der Waals surface area contributed by atoms with Crippen LogP contribution in [0, 0.1) is 0 Å². The summed E-state index contributed by atoms with van der Waals surface area (Å²) in [6, 6.07) is 8.35. The third-order valence-corrected chi connectivity index (χ3v) is 3.23. The normalized spacial score (nSPS) is 17.2. The van der Waals surface area contributed by atoms with Gasteiger partial charge in [0, 0.05) is 25.1 Å². The lowest BCUT2D eigenvalue weighted by Gasteiger charge is -2.04. The van der Waals surface area contributed by atoms with Gasteiger partial charge < -0.3 is 14.6 Å². The summed E-state index contributed by atoms with van der Waals surface area (Å²) < 4.78 is 10.6. The maximum atomic E-state index is 5.33. The summed E-state index contributed by atoms with van der Waals surface area (Å²) in [5, 5.41) is 7.39. The van der Waals surface area contributed by atoms with Gasteiger partial charge in [0.2, 0.25) is 5.89 Å². The molecule has 1 N–H and O–H groups in total. The number of fused-ring (bicyclic) bond motifs is 1. The predicted octanol–water partition coefficient (Wildman–Crippen LogP) is 2.36. The van der Waals surface area contributed by atoms with E-state index in [-0.39, 0.29) is 6.04 Å². The molecule has 1 aromatic carbocycles. The Bertz CT molecular complexity index is 528. The van der Waals surface area contributed by atoms with Gasteiger partial charge in [0.15, 0.2) is 5.82 Å². The molecule has 0 fully saturated rings. The molecule has 19 heavy (non-hydrogen) atoms. The number of hydrogen-bond acceptors (Lipinski definition) is 5. The zero-order chi connectivity index (χ0) is 13.1. The van der Waals surface area contributed by atoms with Crippen molar-refractivity contribution in [2.45, 2.75) is 25.8 Å². The van der Waals surface area contributed by atoms with Crippen LogP contribution >= 0.6 is 0 Å². The van der Waals surface area contributed by atoms with Crippen LogP contribution < -0.4 is 5.32 Å². The fraction of sp³-hybridized carbons (Fsp3) is 0.429. The van der Waals surface area contributed by atoms with Gasteiger partial charge in [-0.05, 0) is 18.6 Å². The van der Waals surface area contributed by atoms with E-state index in [1.54, 1.807) is 0 Å². The number of para-hydroxylation sites is 1. The average Bonchev–Trinajstić information content (AvgIpc) is 3.04. The zero-order valence-electron chi connectivity index (χ0n) is 10.9. The maximum Gasteiger partial charge on any atom is 0.249 e. The first kappa shape index (κ1) is 12.2. The molecular formula is C14H17N3O2. The van der Waals surface area contributed by atoms with Crippen molar-refractivity contribution in [3.8, 4) is 0 Å². The highest BCUT2D eigenvalue weighted by molar-refractivity contribution is 5.56. The molecule has 1 aliphatic rings. The van der Waals surface area contributed by atoms with E-state index < -0.39 is 0 Å². The molecule has 0 saturated heterocycles. The standard InChI is InChI=1S/C14H17N3O2/c1-2-18-8-7-13-16-14(19-17-13)12-9-10-5-3-4-6-11(10)15-12/h3-6,12,15H,2,7-9H2,1H3/t12-/m0/s1. The van der Waals surface area contributed by atoms with Gasteiger partial charge in [-0.2, -0.15) is 4.98 Å². The molecule has 5 nitrogen and oxygen atoms in total. The molecule has 0 radical (unpaired) electrons. The first-order valence-electron chi connectivity index (χ1n) is 6.61. The van der Waals surface area contributed by atoms with Crippen LogP contribution in [0.25, 0.3) is 0 Å². The fourth-order valence-electron chi connectivity index (χ4n) is 2.27. The number of nitrogens with zero attached hydrogens (tertiary/aromatic N) is 2. The minimum atomic E-state index is 0.0887. The summed E-state index contributed by atoms with van der Waals surface area (Å²) in [6.45, 7) is 3.32. The minimum absolute atomic E-state index is 0.0887. The van der Waals surface area contributed by atoms with Crippen LogP contribution in [0.3, 0.4) is 0 Å². The number of nitrogens with one attached hydrogen (secondary N) is 1. The summed E-state index contributed by atoms with van der Waals surface area (Å²) in [7, 11) is 0. The molecular weight excluding hydrogens is 242 g/mol. The minimum Gasteiger partial charge on any atom is -0.381 e. The van der Waals surface area contributed by atoms with Crippen molar-refractivity contribution in [3.05, 3.63) is 41.5 Å². The third kappa shape index (κ3) is 2.61. The Hall–Kier alpha value is -1.88. The van der Waals surface area contributed by atoms with Crippen molar-refractivity contribution in [2.75, 3.05) is 18.5 Å². The molecule has 0 spiro atoms. The molecule has 5 heteroatoms. The SMILES string of the molecule is CCOCCc1noc([C@@H]2Cc3ccccc3N2)n1. The Kier molecular flexibility index (Phi) is 3.46. The summed E-state index contributed by atoms with van der Waals surface area (Å²) in [4.78, 5) is 4.43. The lowest BCUT2D eigenvalue weighted by molar-refractivity contribution is 0.149. The van der Waals surface area contributed by atoms with E-state index in [1.807, 2.05) is 19.1 Å². The maximum absolute atomic E-state index is 5.33. The van der Waals surface area contributed by atoms with Crippen molar-refractivity contribution < 1.29 is 9.26 Å². The van der Waals surface area contributed by atoms with Gasteiger partial charge in [-0.25, -0.2) is 0 Å². The van der Waals surface area contributed by atoms with Crippen LogP contribution in [0.15, 0.2) is 28.8 Å². The molecule has 1 aliphatic heterocycles. The Morgan fingerprint density at radius 2 is 2.32 bits per heavy atom. The van der Waals surface area contributed by atoms with E-state index >= 15 is 0 Å². The molecule has 0 amide bonds. The van der Waals surface area contributed by atoms with E-state index in [4.69, 9.17) is 9.26 Å². The Balaban J connectivity index is 1.65. The van der Waals surface area contributed by atoms with Gasteiger partial charge in [0.05, 0.1) is 6.61 Å². The molecule has 100 valence electrons. The molecule has 0 bridgehead atoms. The summed E-state index contributed by atoms with van der Waals surface area (Å²) in [6.07, 6.45) is 1.58. The van der Waals surface area contributed by atoms with Crippen molar-refractivity contribution in [1.82, 2.24) is 10.1 Å². The topological polar surface area (TPSA) is 60.2 Å². The molecule has 0 aliphatic carbocycles. The number of benzene rings is 1. The van der Waals surface area contributed by atoms with E-state index in [2.05, 4.69) is 27.6 Å². The predicted molar refractivity (Wildman–Crippen MR) is 71.0 cm³/mol. The van der Waals surface area contributed by atoms with Gasteiger partial charge in [-0.15, -0.1) is 0 Å². The summed E-state index contributed by atoms with van der Waals surface area (Å²) in [5.41, 5.74) is 2.45. The number of hydrogen-bond donors (Lipinski definition) is 1. The second-order valence-corrected chi connectivity index (χ2v) is 4.55. The number of ether oxygens (including phenoxy) is 1. The van der Waals surface area contributed by atoms with Crippen LogP contribution in [0.2, 0.25) is 0 Å². The first-order chi connectivity index (χ1) is 9.36. The van der Waals surface area contributed by atoms with Gasteiger partial charge in [-0.3, -0.25) is 0 Å². The van der Waals surface area contributed by atoms with Crippen molar-refractivity contribution in [3.63, 3.8) is 0 Å². The number of aromatic nitrogens is 2. The van der Waals surface area contributed by atoms with Crippen LogP contribution in [0.5, 0.6) is 0 Å². The highest BCUT2D eigenvalue weighted by atomic mass is 16.5. The highest BCUT2D eigenvalue weighted by Gasteiger charge is 2.26. The van der Waals surface area contributed by atoms with Crippen molar-refractivity contribution in [1.29, 1.82) is 0 Å². The van der Waals surface area contributed by atoms with Crippen LogP contribution in [-0.2, 0) is 17.6 Å². The lowest BCUT2D eigenvalue weighted by Crippen LogP contribution is -2.06. The zero-order valence-corrected chi connectivity index (χ0v) is 10.9. The van der Waals surface area contributed by atoms with E-state index in [0.29, 0.717) is 31.3 Å². The molecule has 0 saturated carbocycles. The number of anilines is 1. The van der Waals surface area contributed by atoms with Crippen LogP contribution in [-0.4, -0.2) is 23.4 Å². The van der Waals surface area contributed by atoms with E-state index in [0.717, 1.165) is 12.1 Å². The second-order valence-electron chi connectivity index (χ2n) is 4.55. The lowest BCUT2D eigenvalue weighted by atomic mass is 10.1. The van der Waals surface area contributed by atoms with Gasteiger partial charge in [0.1, 0.15) is 6.04 Å².